The average Bonchev–Trinajstić information content (AvgIpc) is 2.83. The predicted molar refractivity (Wildman–Crippen MR) is 75.1 cm³/mol. The summed E-state index contributed by atoms with van der Waals surface area (Å²) < 4.78 is 18.5. The van der Waals surface area contributed by atoms with Crippen molar-refractivity contribution >= 4 is 5.69 Å². The Morgan fingerprint density at radius 2 is 2.14 bits per heavy atom. The Morgan fingerprint density at radius 1 is 1.43 bits per heavy atom. The van der Waals surface area contributed by atoms with Gasteiger partial charge in [-0.2, -0.15) is 0 Å². The molecular weight excluding hydrogens is 277 g/mol. The lowest BCUT2D eigenvalue weighted by Gasteiger charge is -2.19. The molecule has 0 bridgehead atoms. The van der Waals surface area contributed by atoms with Crippen LogP contribution in [0.4, 0.5) is 10.1 Å². The normalized spacial score (nSPS) is 11.6. The Kier molecular flexibility index (Phi) is 4.04. The first kappa shape index (κ1) is 15.1. The third kappa shape index (κ3) is 3.85. The fourth-order valence-corrected chi connectivity index (χ4v) is 1.71. The topological polar surface area (TPSA) is 81.2 Å². The summed E-state index contributed by atoms with van der Waals surface area (Å²) in [4.78, 5) is 14.5. The summed E-state index contributed by atoms with van der Waals surface area (Å²) in [5.41, 5.74) is 0.290. The SMILES string of the molecule is CC(C)(C)NCc1coc(-c2cc(F)ccc2[N+](=O)[O-])n1. The van der Waals surface area contributed by atoms with Gasteiger partial charge in [0.2, 0.25) is 5.89 Å². The molecule has 2 aromatic rings. The second-order valence-electron chi connectivity index (χ2n) is 5.67. The molecule has 1 aromatic carbocycles. The predicted octanol–water partition coefficient (Wildman–Crippen LogP) is 3.28. The van der Waals surface area contributed by atoms with Gasteiger partial charge < -0.3 is 9.73 Å². The molecule has 2 rings (SSSR count). The van der Waals surface area contributed by atoms with Gasteiger partial charge in [0, 0.05) is 18.2 Å². The highest BCUT2D eigenvalue weighted by Crippen LogP contribution is 2.29. The lowest BCUT2D eigenvalue weighted by Crippen LogP contribution is -2.35. The Morgan fingerprint density at radius 3 is 2.76 bits per heavy atom. The number of aromatic nitrogens is 1. The van der Waals surface area contributed by atoms with E-state index in [9.17, 15) is 14.5 Å². The number of nitrogens with zero attached hydrogens (tertiary/aromatic N) is 2. The van der Waals surface area contributed by atoms with E-state index < -0.39 is 10.7 Å². The number of nitrogens with one attached hydrogen (secondary N) is 1. The molecule has 7 heteroatoms. The summed E-state index contributed by atoms with van der Waals surface area (Å²) in [6, 6.07) is 3.18. The van der Waals surface area contributed by atoms with Crippen molar-refractivity contribution in [2.45, 2.75) is 32.9 Å². The van der Waals surface area contributed by atoms with Gasteiger partial charge in [0.15, 0.2) is 0 Å². The van der Waals surface area contributed by atoms with Gasteiger partial charge in [-0.25, -0.2) is 9.37 Å². The van der Waals surface area contributed by atoms with E-state index in [0.717, 1.165) is 18.2 Å². The molecule has 1 heterocycles. The molecule has 112 valence electrons. The van der Waals surface area contributed by atoms with Gasteiger partial charge in [0.25, 0.3) is 5.69 Å². The van der Waals surface area contributed by atoms with Crippen LogP contribution in [0.3, 0.4) is 0 Å². The number of rotatable bonds is 4. The van der Waals surface area contributed by atoms with E-state index in [0.29, 0.717) is 12.2 Å². The first-order valence-corrected chi connectivity index (χ1v) is 6.40. The molecule has 1 N–H and O–H groups in total. The molecule has 0 aliphatic carbocycles. The zero-order valence-electron chi connectivity index (χ0n) is 12.0. The molecule has 0 amide bonds. The molecule has 0 aliphatic rings. The Balaban J connectivity index is 2.29. The number of benzene rings is 1. The molecule has 0 saturated carbocycles. The highest BCUT2D eigenvalue weighted by atomic mass is 19.1. The van der Waals surface area contributed by atoms with Crippen LogP contribution in [0.5, 0.6) is 0 Å². The van der Waals surface area contributed by atoms with Crippen LogP contribution in [-0.2, 0) is 6.54 Å². The van der Waals surface area contributed by atoms with Gasteiger partial charge in [-0.05, 0) is 32.9 Å². The number of hydrogen-bond donors (Lipinski definition) is 1. The van der Waals surface area contributed by atoms with Gasteiger partial charge >= 0.3 is 0 Å². The van der Waals surface area contributed by atoms with E-state index in [1.807, 2.05) is 20.8 Å². The summed E-state index contributed by atoms with van der Waals surface area (Å²) in [6.45, 7) is 6.47. The van der Waals surface area contributed by atoms with Gasteiger partial charge in [0.1, 0.15) is 17.6 Å². The Labute approximate surface area is 121 Å². The fourth-order valence-electron chi connectivity index (χ4n) is 1.71. The fraction of sp³-hybridized carbons (Fsp3) is 0.357. The van der Waals surface area contributed by atoms with Crippen molar-refractivity contribution in [3.05, 3.63) is 46.1 Å². The summed E-state index contributed by atoms with van der Waals surface area (Å²) >= 11 is 0. The molecule has 0 radical (unpaired) electrons. The minimum Gasteiger partial charge on any atom is -0.444 e. The van der Waals surface area contributed by atoms with Crippen LogP contribution in [0.1, 0.15) is 26.5 Å². The van der Waals surface area contributed by atoms with Gasteiger partial charge in [0.05, 0.1) is 10.6 Å². The molecule has 0 spiro atoms. The van der Waals surface area contributed by atoms with Crippen molar-refractivity contribution in [3.63, 3.8) is 0 Å². The van der Waals surface area contributed by atoms with Gasteiger partial charge in [-0.15, -0.1) is 0 Å². The van der Waals surface area contributed by atoms with Crippen molar-refractivity contribution in [2.75, 3.05) is 0 Å². The van der Waals surface area contributed by atoms with Crippen molar-refractivity contribution in [2.24, 2.45) is 0 Å². The Bertz CT molecular complexity index is 662. The molecule has 1 aromatic heterocycles. The molecule has 6 nitrogen and oxygen atoms in total. The maximum absolute atomic E-state index is 13.3. The average molecular weight is 293 g/mol. The molecular formula is C14H16FN3O3. The van der Waals surface area contributed by atoms with E-state index >= 15 is 0 Å². The maximum atomic E-state index is 13.3. The quantitative estimate of drug-likeness (QED) is 0.691. The number of halogens is 1. The number of nitro groups is 1. The van der Waals surface area contributed by atoms with Crippen molar-refractivity contribution in [1.29, 1.82) is 0 Å². The second kappa shape index (κ2) is 5.61. The van der Waals surface area contributed by atoms with Crippen LogP contribution in [0.25, 0.3) is 11.5 Å². The number of nitro benzene ring substituents is 1. The second-order valence-corrected chi connectivity index (χ2v) is 5.67. The van der Waals surface area contributed by atoms with Crippen LogP contribution < -0.4 is 5.32 Å². The summed E-state index contributed by atoms with van der Waals surface area (Å²) in [5.74, 6) is -0.546. The van der Waals surface area contributed by atoms with E-state index in [2.05, 4.69) is 10.3 Å². The summed E-state index contributed by atoms with van der Waals surface area (Å²) in [7, 11) is 0. The third-order valence-corrected chi connectivity index (χ3v) is 2.74. The van der Waals surface area contributed by atoms with Crippen LogP contribution in [0, 0.1) is 15.9 Å². The third-order valence-electron chi connectivity index (χ3n) is 2.74. The zero-order chi connectivity index (χ0) is 15.6. The highest BCUT2D eigenvalue weighted by molar-refractivity contribution is 5.66. The standard InChI is InChI=1S/C14H16FN3O3/c1-14(2,3)16-7-10-8-21-13(17-10)11-6-9(15)4-5-12(11)18(19)20/h4-6,8,16H,7H2,1-3H3. The van der Waals surface area contributed by atoms with E-state index in [-0.39, 0.29) is 22.7 Å². The largest absolute Gasteiger partial charge is 0.444 e. The lowest BCUT2D eigenvalue weighted by molar-refractivity contribution is -0.384. The molecule has 0 unspecified atom stereocenters. The van der Waals surface area contributed by atoms with E-state index in [4.69, 9.17) is 4.42 Å². The molecule has 0 saturated heterocycles. The minimum atomic E-state index is -0.591. The van der Waals surface area contributed by atoms with Crippen molar-refractivity contribution in [3.8, 4) is 11.5 Å². The van der Waals surface area contributed by atoms with Crippen molar-refractivity contribution < 1.29 is 13.7 Å². The summed E-state index contributed by atoms with van der Waals surface area (Å²) in [5, 5.41) is 14.2. The Hall–Kier alpha value is -2.28. The summed E-state index contributed by atoms with van der Waals surface area (Å²) in [6.07, 6.45) is 1.41. The molecule has 0 atom stereocenters. The molecule has 21 heavy (non-hydrogen) atoms. The molecule has 0 fully saturated rings. The monoisotopic (exact) mass is 293 g/mol. The van der Waals surface area contributed by atoms with E-state index in [1.165, 1.54) is 6.26 Å². The lowest BCUT2D eigenvalue weighted by atomic mass is 10.1. The smallest absolute Gasteiger partial charge is 0.282 e. The zero-order valence-corrected chi connectivity index (χ0v) is 12.0. The van der Waals surface area contributed by atoms with Gasteiger partial charge in [-0.1, -0.05) is 0 Å². The van der Waals surface area contributed by atoms with Crippen LogP contribution in [0.15, 0.2) is 28.9 Å². The van der Waals surface area contributed by atoms with Gasteiger partial charge in [-0.3, -0.25) is 10.1 Å². The van der Waals surface area contributed by atoms with Crippen LogP contribution in [-0.4, -0.2) is 15.4 Å². The highest BCUT2D eigenvalue weighted by Gasteiger charge is 2.20. The van der Waals surface area contributed by atoms with E-state index in [1.54, 1.807) is 0 Å². The maximum Gasteiger partial charge on any atom is 0.282 e. The first-order valence-electron chi connectivity index (χ1n) is 6.40. The van der Waals surface area contributed by atoms with Crippen LogP contribution >= 0.6 is 0 Å². The number of oxazole rings is 1. The number of hydrogen-bond acceptors (Lipinski definition) is 5. The first-order chi connectivity index (χ1) is 9.76. The van der Waals surface area contributed by atoms with Crippen molar-refractivity contribution in [1.82, 2.24) is 10.3 Å². The molecule has 0 aliphatic heterocycles. The minimum absolute atomic E-state index is 0.0296. The van der Waals surface area contributed by atoms with Crippen LogP contribution in [0.2, 0.25) is 0 Å².